The van der Waals surface area contributed by atoms with Crippen LogP contribution < -0.4 is 9.64 Å². The van der Waals surface area contributed by atoms with Crippen LogP contribution in [0.1, 0.15) is 11.1 Å². The van der Waals surface area contributed by atoms with Gasteiger partial charge in [0.05, 0.1) is 5.69 Å². The van der Waals surface area contributed by atoms with Crippen molar-refractivity contribution in [1.82, 2.24) is 0 Å². The van der Waals surface area contributed by atoms with Gasteiger partial charge in [0.2, 0.25) is 0 Å². The lowest BCUT2D eigenvalue weighted by molar-refractivity contribution is -0.274. The van der Waals surface area contributed by atoms with E-state index >= 15 is 0 Å². The van der Waals surface area contributed by atoms with E-state index in [1.807, 2.05) is 31.2 Å². The molecule has 0 amide bonds. The molecule has 5 heteroatoms. The van der Waals surface area contributed by atoms with Crippen molar-refractivity contribution in [3.8, 4) is 5.75 Å². The Kier molecular flexibility index (Phi) is 3.56. The van der Waals surface area contributed by atoms with Crippen LogP contribution in [0.2, 0.25) is 0 Å². The third-order valence-electron chi connectivity index (χ3n) is 3.51. The van der Waals surface area contributed by atoms with Crippen molar-refractivity contribution in [3.05, 3.63) is 59.7 Å². The van der Waals surface area contributed by atoms with Gasteiger partial charge in [-0.3, -0.25) is 0 Å². The van der Waals surface area contributed by atoms with E-state index in [4.69, 9.17) is 0 Å². The van der Waals surface area contributed by atoms with Crippen LogP contribution in [0.25, 0.3) is 6.08 Å². The fourth-order valence-corrected chi connectivity index (χ4v) is 2.62. The lowest BCUT2D eigenvalue weighted by Gasteiger charge is -2.30. The van der Waals surface area contributed by atoms with Crippen molar-refractivity contribution in [2.75, 3.05) is 11.4 Å². The second kappa shape index (κ2) is 5.40. The first-order valence-corrected chi connectivity index (χ1v) is 6.83. The van der Waals surface area contributed by atoms with Gasteiger partial charge in [-0.05, 0) is 42.3 Å². The number of nitrogens with zero attached hydrogens (tertiary/aromatic N) is 1. The molecular weight excluding hydrogens is 291 g/mol. The molecule has 1 aliphatic rings. The number of rotatable bonds is 2. The summed E-state index contributed by atoms with van der Waals surface area (Å²) < 4.78 is 40.5. The van der Waals surface area contributed by atoms with Gasteiger partial charge in [0.15, 0.2) is 0 Å². The maximum absolute atomic E-state index is 12.2. The predicted octanol–water partition coefficient (Wildman–Crippen LogP) is 5.06. The average molecular weight is 305 g/mol. The maximum Gasteiger partial charge on any atom is 0.573 e. The molecule has 3 rings (SSSR count). The van der Waals surface area contributed by atoms with E-state index < -0.39 is 6.36 Å². The maximum atomic E-state index is 12.2. The van der Waals surface area contributed by atoms with Crippen molar-refractivity contribution >= 4 is 17.5 Å². The van der Waals surface area contributed by atoms with Crippen molar-refractivity contribution in [2.24, 2.45) is 0 Å². The zero-order valence-electron chi connectivity index (χ0n) is 11.9. The third-order valence-corrected chi connectivity index (χ3v) is 3.51. The minimum absolute atomic E-state index is 0.214. The molecule has 0 N–H and O–H groups in total. The van der Waals surface area contributed by atoms with Crippen molar-refractivity contribution < 1.29 is 17.9 Å². The Morgan fingerprint density at radius 1 is 1.05 bits per heavy atom. The van der Waals surface area contributed by atoms with Crippen LogP contribution in [-0.4, -0.2) is 12.9 Å². The Balaban J connectivity index is 1.92. The van der Waals surface area contributed by atoms with Crippen molar-refractivity contribution in [1.29, 1.82) is 0 Å². The van der Waals surface area contributed by atoms with Gasteiger partial charge >= 0.3 is 6.36 Å². The van der Waals surface area contributed by atoms with E-state index in [0.29, 0.717) is 6.54 Å². The number of anilines is 2. The summed E-state index contributed by atoms with van der Waals surface area (Å²) >= 11 is 0. The highest BCUT2D eigenvalue weighted by molar-refractivity contribution is 5.80. The molecule has 0 saturated carbocycles. The van der Waals surface area contributed by atoms with Gasteiger partial charge in [-0.15, -0.1) is 13.2 Å². The first-order valence-electron chi connectivity index (χ1n) is 6.83. The normalized spacial score (nSPS) is 13.9. The van der Waals surface area contributed by atoms with Gasteiger partial charge in [0.1, 0.15) is 5.75 Å². The third kappa shape index (κ3) is 2.93. The summed E-state index contributed by atoms with van der Waals surface area (Å²) in [7, 11) is 0. The van der Waals surface area contributed by atoms with Crippen LogP contribution in [0, 0.1) is 6.92 Å². The lowest BCUT2D eigenvalue weighted by Crippen LogP contribution is -2.21. The lowest BCUT2D eigenvalue weighted by atomic mass is 10.0. The van der Waals surface area contributed by atoms with Gasteiger partial charge in [-0.2, -0.15) is 0 Å². The summed E-state index contributed by atoms with van der Waals surface area (Å²) in [6.07, 6.45) is -0.583. The quantitative estimate of drug-likeness (QED) is 0.769. The predicted molar refractivity (Wildman–Crippen MR) is 80.3 cm³/mol. The molecule has 0 aromatic heterocycles. The molecule has 2 nitrogen and oxygen atoms in total. The molecular formula is C17H14F3NO. The Hall–Kier alpha value is -2.43. The highest BCUT2D eigenvalue weighted by Crippen LogP contribution is 2.36. The fourth-order valence-electron chi connectivity index (χ4n) is 2.62. The number of alkyl halides is 3. The Labute approximate surface area is 126 Å². The van der Waals surface area contributed by atoms with Crippen LogP contribution >= 0.6 is 0 Å². The molecule has 2 aromatic carbocycles. The van der Waals surface area contributed by atoms with Crippen LogP contribution in [-0.2, 0) is 0 Å². The summed E-state index contributed by atoms with van der Waals surface area (Å²) in [4.78, 5) is 2.07. The molecule has 1 aliphatic heterocycles. The fraction of sp³-hybridized carbons (Fsp3) is 0.176. The number of aryl methyl sites for hydroxylation is 1. The molecule has 0 spiro atoms. The number of hydrogen-bond donors (Lipinski definition) is 0. The van der Waals surface area contributed by atoms with Crippen molar-refractivity contribution in [3.63, 3.8) is 0 Å². The van der Waals surface area contributed by atoms with Gasteiger partial charge in [-0.25, -0.2) is 0 Å². The molecule has 114 valence electrons. The molecule has 0 atom stereocenters. The van der Waals surface area contributed by atoms with E-state index in [2.05, 4.69) is 15.7 Å². The summed E-state index contributed by atoms with van der Waals surface area (Å²) in [6.45, 7) is 2.70. The van der Waals surface area contributed by atoms with Gasteiger partial charge in [0.25, 0.3) is 0 Å². The van der Waals surface area contributed by atoms with Gasteiger partial charge < -0.3 is 9.64 Å². The summed E-state index contributed by atoms with van der Waals surface area (Å²) in [5.74, 6) is -0.214. The number of halogens is 3. The monoisotopic (exact) mass is 305 g/mol. The largest absolute Gasteiger partial charge is 0.573 e. The second-order valence-corrected chi connectivity index (χ2v) is 5.07. The highest BCUT2D eigenvalue weighted by Gasteiger charge is 2.31. The molecule has 0 radical (unpaired) electrons. The van der Waals surface area contributed by atoms with Crippen LogP contribution in [0.4, 0.5) is 24.5 Å². The zero-order chi connectivity index (χ0) is 15.7. The second-order valence-electron chi connectivity index (χ2n) is 5.07. The molecule has 0 aliphatic carbocycles. The van der Waals surface area contributed by atoms with Gasteiger partial charge in [0, 0.05) is 12.2 Å². The zero-order valence-corrected chi connectivity index (χ0v) is 11.9. The highest BCUT2D eigenvalue weighted by atomic mass is 19.4. The van der Waals surface area contributed by atoms with Crippen LogP contribution in [0.15, 0.2) is 48.5 Å². The first kappa shape index (κ1) is 14.5. The topological polar surface area (TPSA) is 12.5 Å². The van der Waals surface area contributed by atoms with Crippen molar-refractivity contribution in [2.45, 2.75) is 13.3 Å². The Bertz CT molecular complexity index is 705. The molecule has 0 saturated heterocycles. The summed E-state index contributed by atoms with van der Waals surface area (Å²) in [5, 5.41) is 0. The van der Waals surface area contributed by atoms with E-state index in [0.717, 1.165) is 22.5 Å². The van der Waals surface area contributed by atoms with E-state index in [-0.39, 0.29) is 5.75 Å². The van der Waals surface area contributed by atoms with E-state index in [1.165, 1.54) is 12.1 Å². The number of para-hydroxylation sites is 1. The average Bonchev–Trinajstić information content (AvgIpc) is 2.46. The molecule has 22 heavy (non-hydrogen) atoms. The van der Waals surface area contributed by atoms with E-state index in [1.54, 1.807) is 12.1 Å². The summed E-state index contributed by atoms with van der Waals surface area (Å²) in [6, 6.07) is 12.0. The molecule has 0 fully saturated rings. The minimum Gasteiger partial charge on any atom is -0.406 e. The number of hydrogen-bond acceptors (Lipinski definition) is 2. The SMILES string of the molecule is Cc1cccc2c1N(c1ccc(OC(F)(F)F)cc1)CC=C2. The van der Waals surface area contributed by atoms with E-state index in [9.17, 15) is 13.2 Å². The minimum atomic E-state index is -4.67. The van der Waals surface area contributed by atoms with Crippen LogP contribution in [0.5, 0.6) is 5.75 Å². The first-order chi connectivity index (χ1) is 10.4. The number of ether oxygens (including phenoxy) is 1. The molecule has 2 aromatic rings. The Morgan fingerprint density at radius 2 is 1.77 bits per heavy atom. The summed E-state index contributed by atoms with van der Waals surface area (Å²) in [5.41, 5.74) is 4.13. The molecule has 0 unspecified atom stereocenters. The Morgan fingerprint density at radius 3 is 2.45 bits per heavy atom. The number of benzene rings is 2. The van der Waals surface area contributed by atoms with Crippen LogP contribution in [0.3, 0.4) is 0 Å². The number of fused-ring (bicyclic) bond motifs is 1. The standard InChI is InChI=1S/C17H14F3NO/c1-12-4-2-5-13-6-3-11-21(16(12)13)14-7-9-15(10-8-14)22-17(18,19)20/h2-10H,11H2,1H3. The smallest absolute Gasteiger partial charge is 0.406 e. The molecule has 0 bridgehead atoms. The van der Waals surface area contributed by atoms with Gasteiger partial charge in [-0.1, -0.05) is 30.4 Å². The molecule has 1 heterocycles.